The summed E-state index contributed by atoms with van der Waals surface area (Å²) in [7, 11) is 1.53. The van der Waals surface area contributed by atoms with Gasteiger partial charge in [0.25, 0.3) is 5.91 Å². The Bertz CT molecular complexity index is 1300. The van der Waals surface area contributed by atoms with Crippen molar-refractivity contribution in [3.63, 3.8) is 0 Å². The van der Waals surface area contributed by atoms with Crippen molar-refractivity contribution in [2.24, 2.45) is 0 Å². The van der Waals surface area contributed by atoms with Crippen molar-refractivity contribution < 1.29 is 13.9 Å². The molecule has 144 valence electrons. The first-order valence-corrected chi connectivity index (χ1v) is 9.97. The number of methoxy groups -OCH3 is 1. The van der Waals surface area contributed by atoms with Crippen LogP contribution in [0.1, 0.15) is 27.7 Å². The number of halogens is 1. The normalized spacial score (nSPS) is 15.7. The molecule has 29 heavy (non-hydrogen) atoms. The van der Waals surface area contributed by atoms with E-state index < -0.39 is 11.9 Å². The number of anilines is 1. The summed E-state index contributed by atoms with van der Waals surface area (Å²) >= 11 is 7.35. The van der Waals surface area contributed by atoms with Gasteiger partial charge in [-0.2, -0.15) is 0 Å². The van der Waals surface area contributed by atoms with Crippen molar-refractivity contribution in [2.45, 2.75) is 6.04 Å². The molecular formula is C21H13ClN2O4S. The van der Waals surface area contributed by atoms with Gasteiger partial charge in [0, 0.05) is 22.7 Å². The Labute approximate surface area is 173 Å². The fourth-order valence-electron chi connectivity index (χ4n) is 3.57. The Morgan fingerprint density at radius 3 is 2.66 bits per heavy atom. The molecule has 0 radical (unpaired) electrons. The van der Waals surface area contributed by atoms with E-state index in [1.54, 1.807) is 54.0 Å². The van der Waals surface area contributed by atoms with E-state index in [1.165, 1.54) is 23.3 Å². The molecule has 3 heterocycles. The first-order chi connectivity index (χ1) is 14.1. The van der Waals surface area contributed by atoms with Crippen LogP contribution in [0.3, 0.4) is 0 Å². The molecule has 0 saturated heterocycles. The molecule has 1 unspecified atom stereocenters. The SMILES string of the molecule is COc1ccc2c(=O)c3c(oc2c1)C(=O)N(c1nccs1)C3c1ccc(Cl)cc1. The van der Waals surface area contributed by atoms with E-state index in [2.05, 4.69) is 4.98 Å². The number of hydrogen-bond acceptors (Lipinski definition) is 6. The van der Waals surface area contributed by atoms with Crippen LogP contribution in [0.2, 0.25) is 5.02 Å². The van der Waals surface area contributed by atoms with Crippen LogP contribution in [0.4, 0.5) is 5.13 Å². The third-order valence-corrected chi connectivity index (χ3v) is 5.91. The summed E-state index contributed by atoms with van der Waals surface area (Å²) in [6, 6.07) is 11.4. The zero-order chi connectivity index (χ0) is 20.1. The molecular weight excluding hydrogens is 412 g/mol. The highest BCUT2D eigenvalue weighted by molar-refractivity contribution is 7.13. The molecule has 1 amide bonds. The van der Waals surface area contributed by atoms with Crippen LogP contribution in [0.15, 0.2) is 63.3 Å². The summed E-state index contributed by atoms with van der Waals surface area (Å²) in [6.45, 7) is 0. The third kappa shape index (κ3) is 2.73. The number of thiazole rings is 1. The largest absolute Gasteiger partial charge is 0.497 e. The monoisotopic (exact) mass is 424 g/mol. The number of carbonyl (C=O) groups excluding carboxylic acids is 1. The predicted octanol–water partition coefficient (Wildman–Crippen LogP) is 4.66. The minimum absolute atomic E-state index is 0.0194. The molecule has 0 N–H and O–H groups in total. The number of nitrogens with zero attached hydrogens (tertiary/aromatic N) is 2. The van der Waals surface area contributed by atoms with Gasteiger partial charge in [-0.3, -0.25) is 14.5 Å². The van der Waals surface area contributed by atoms with Gasteiger partial charge in [0.1, 0.15) is 11.3 Å². The van der Waals surface area contributed by atoms with E-state index in [1.807, 2.05) is 0 Å². The molecule has 0 saturated carbocycles. The molecule has 0 spiro atoms. The molecule has 2 aromatic carbocycles. The Morgan fingerprint density at radius 2 is 1.97 bits per heavy atom. The Balaban J connectivity index is 1.81. The van der Waals surface area contributed by atoms with Crippen molar-refractivity contribution >= 4 is 44.9 Å². The minimum Gasteiger partial charge on any atom is -0.497 e. The van der Waals surface area contributed by atoms with Crippen molar-refractivity contribution in [3.8, 4) is 5.75 Å². The zero-order valence-corrected chi connectivity index (χ0v) is 16.7. The lowest BCUT2D eigenvalue weighted by Crippen LogP contribution is -2.29. The van der Waals surface area contributed by atoms with E-state index in [0.29, 0.717) is 32.4 Å². The maximum Gasteiger partial charge on any atom is 0.297 e. The van der Waals surface area contributed by atoms with Crippen LogP contribution in [0.25, 0.3) is 11.0 Å². The van der Waals surface area contributed by atoms with Crippen molar-refractivity contribution in [1.29, 1.82) is 0 Å². The molecule has 0 bridgehead atoms. The lowest BCUT2D eigenvalue weighted by Gasteiger charge is -2.22. The Kier molecular flexibility index (Phi) is 4.15. The smallest absolute Gasteiger partial charge is 0.297 e. The fraction of sp³-hybridized carbons (Fsp3) is 0.0952. The molecule has 1 aliphatic rings. The molecule has 2 aromatic heterocycles. The summed E-state index contributed by atoms with van der Waals surface area (Å²) in [6.07, 6.45) is 1.62. The predicted molar refractivity (Wildman–Crippen MR) is 111 cm³/mol. The summed E-state index contributed by atoms with van der Waals surface area (Å²) in [4.78, 5) is 32.5. The van der Waals surface area contributed by atoms with Gasteiger partial charge in [-0.25, -0.2) is 4.98 Å². The topological polar surface area (TPSA) is 72.6 Å². The highest BCUT2D eigenvalue weighted by Crippen LogP contribution is 2.42. The van der Waals surface area contributed by atoms with Gasteiger partial charge in [0.2, 0.25) is 5.76 Å². The van der Waals surface area contributed by atoms with E-state index in [4.69, 9.17) is 20.8 Å². The summed E-state index contributed by atoms with van der Waals surface area (Å²) in [5.41, 5.74) is 1.09. The molecule has 5 rings (SSSR count). The van der Waals surface area contributed by atoms with E-state index in [-0.39, 0.29) is 11.2 Å². The molecule has 4 aromatic rings. The van der Waals surface area contributed by atoms with Crippen LogP contribution in [-0.2, 0) is 0 Å². The van der Waals surface area contributed by atoms with Crippen LogP contribution in [-0.4, -0.2) is 18.0 Å². The number of fused-ring (bicyclic) bond motifs is 2. The Morgan fingerprint density at radius 1 is 1.17 bits per heavy atom. The van der Waals surface area contributed by atoms with Crippen LogP contribution in [0, 0.1) is 0 Å². The van der Waals surface area contributed by atoms with Gasteiger partial charge in [0.15, 0.2) is 10.6 Å². The van der Waals surface area contributed by atoms with Crippen molar-refractivity contribution in [2.75, 3.05) is 12.0 Å². The highest BCUT2D eigenvalue weighted by Gasteiger charge is 2.44. The number of rotatable bonds is 3. The first-order valence-electron chi connectivity index (χ1n) is 8.71. The maximum atomic E-state index is 13.4. The average molecular weight is 425 g/mol. The molecule has 8 heteroatoms. The standard InChI is InChI=1S/C21H13ClN2O4S/c1-27-13-6-7-14-15(10-13)28-19-16(18(14)25)17(11-2-4-12(22)5-3-11)24(20(19)26)21-23-8-9-29-21/h2-10,17H,1H3. The van der Waals surface area contributed by atoms with Gasteiger partial charge in [-0.1, -0.05) is 23.7 Å². The quantitative estimate of drug-likeness (QED) is 0.478. The molecule has 0 aliphatic carbocycles. The number of aromatic nitrogens is 1. The number of ether oxygens (including phenoxy) is 1. The van der Waals surface area contributed by atoms with Gasteiger partial charge in [-0.05, 0) is 29.8 Å². The number of amides is 1. The Hall–Kier alpha value is -3.16. The van der Waals surface area contributed by atoms with Gasteiger partial charge in [-0.15, -0.1) is 11.3 Å². The fourth-order valence-corrected chi connectivity index (χ4v) is 4.36. The second kappa shape index (κ2) is 6.72. The molecule has 0 fully saturated rings. The average Bonchev–Trinajstić information content (AvgIpc) is 3.35. The minimum atomic E-state index is -0.649. The summed E-state index contributed by atoms with van der Waals surface area (Å²) < 4.78 is 11.1. The number of benzene rings is 2. The highest BCUT2D eigenvalue weighted by atomic mass is 35.5. The lowest BCUT2D eigenvalue weighted by atomic mass is 9.99. The zero-order valence-electron chi connectivity index (χ0n) is 15.1. The van der Waals surface area contributed by atoms with Crippen LogP contribution >= 0.6 is 22.9 Å². The van der Waals surface area contributed by atoms with Crippen molar-refractivity contribution in [3.05, 3.63) is 86.2 Å². The van der Waals surface area contributed by atoms with Crippen molar-refractivity contribution in [1.82, 2.24) is 4.98 Å². The van der Waals surface area contributed by atoms with Gasteiger partial charge >= 0.3 is 0 Å². The summed E-state index contributed by atoms with van der Waals surface area (Å²) in [5.74, 6) is 0.152. The van der Waals surface area contributed by atoms with Gasteiger partial charge in [0.05, 0.1) is 24.1 Å². The van der Waals surface area contributed by atoms with Crippen LogP contribution in [0.5, 0.6) is 5.75 Å². The van der Waals surface area contributed by atoms with Crippen LogP contribution < -0.4 is 15.1 Å². The number of hydrogen-bond donors (Lipinski definition) is 0. The van der Waals surface area contributed by atoms with Gasteiger partial charge < -0.3 is 9.15 Å². The van der Waals surface area contributed by atoms with E-state index in [0.717, 1.165) is 5.56 Å². The lowest BCUT2D eigenvalue weighted by molar-refractivity contribution is 0.0971. The first kappa shape index (κ1) is 17.9. The summed E-state index contributed by atoms with van der Waals surface area (Å²) in [5, 5.41) is 3.22. The number of carbonyl (C=O) groups is 1. The maximum absolute atomic E-state index is 13.4. The molecule has 6 nitrogen and oxygen atoms in total. The third-order valence-electron chi connectivity index (χ3n) is 4.89. The molecule has 1 atom stereocenters. The van der Waals surface area contributed by atoms with E-state index >= 15 is 0 Å². The second-order valence-corrected chi connectivity index (χ2v) is 7.79. The molecule has 1 aliphatic heterocycles. The van der Waals surface area contributed by atoms with E-state index in [9.17, 15) is 9.59 Å². The second-order valence-electron chi connectivity index (χ2n) is 6.48.